The van der Waals surface area contributed by atoms with Crippen molar-refractivity contribution in [1.82, 2.24) is 5.48 Å². The van der Waals surface area contributed by atoms with Gasteiger partial charge in [-0.15, -0.1) is 0 Å². The largest absolute Gasteiger partial charge is 0.504 e. The van der Waals surface area contributed by atoms with E-state index in [2.05, 4.69) is 21.4 Å². The Labute approximate surface area is 90.6 Å². The summed E-state index contributed by atoms with van der Waals surface area (Å²) in [6.07, 6.45) is 0. The van der Waals surface area contributed by atoms with Crippen LogP contribution in [0.1, 0.15) is 11.1 Å². The molecular formula is C9H12BrNO3. The number of phenolic OH excluding ortho intramolecular Hbond substituents is 1. The molecule has 0 aliphatic rings. The van der Waals surface area contributed by atoms with Crippen LogP contribution in [-0.2, 0) is 6.54 Å². The zero-order valence-corrected chi connectivity index (χ0v) is 9.55. The van der Waals surface area contributed by atoms with Crippen LogP contribution in [0.5, 0.6) is 11.5 Å². The van der Waals surface area contributed by atoms with Crippen molar-refractivity contribution in [3.63, 3.8) is 0 Å². The highest BCUT2D eigenvalue weighted by Crippen LogP contribution is 2.38. The molecule has 0 aliphatic carbocycles. The third-order valence-corrected chi connectivity index (χ3v) is 2.82. The molecule has 1 aromatic rings. The third-order valence-electron chi connectivity index (χ3n) is 1.99. The third kappa shape index (κ3) is 2.00. The highest BCUT2D eigenvalue weighted by atomic mass is 79.9. The molecule has 1 aromatic carbocycles. The fourth-order valence-electron chi connectivity index (χ4n) is 1.27. The van der Waals surface area contributed by atoms with Crippen molar-refractivity contribution in [2.45, 2.75) is 13.5 Å². The normalized spacial score (nSPS) is 10.3. The van der Waals surface area contributed by atoms with Gasteiger partial charge in [0.15, 0.2) is 11.5 Å². The van der Waals surface area contributed by atoms with Crippen LogP contribution in [0.25, 0.3) is 0 Å². The lowest BCUT2D eigenvalue weighted by molar-refractivity contribution is 0.160. The molecule has 0 aliphatic heterocycles. The summed E-state index contributed by atoms with van der Waals surface area (Å²) in [6, 6.07) is 1.59. The Morgan fingerprint density at radius 3 is 2.71 bits per heavy atom. The molecule has 0 saturated heterocycles. The molecule has 0 atom stereocenters. The van der Waals surface area contributed by atoms with Crippen molar-refractivity contribution >= 4 is 15.9 Å². The molecule has 0 saturated carbocycles. The molecule has 4 nitrogen and oxygen atoms in total. The van der Waals surface area contributed by atoms with E-state index >= 15 is 0 Å². The van der Waals surface area contributed by atoms with Crippen LogP contribution >= 0.6 is 15.9 Å². The molecule has 5 heteroatoms. The fourth-order valence-corrected chi connectivity index (χ4v) is 2.09. The summed E-state index contributed by atoms with van der Waals surface area (Å²) in [5.74, 6) is 0.458. The van der Waals surface area contributed by atoms with E-state index in [9.17, 15) is 5.11 Å². The summed E-state index contributed by atoms with van der Waals surface area (Å²) in [4.78, 5) is 0. The van der Waals surface area contributed by atoms with Crippen LogP contribution in [0.15, 0.2) is 10.5 Å². The van der Waals surface area contributed by atoms with Gasteiger partial charge in [0.05, 0.1) is 11.6 Å². The zero-order chi connectivity index (χ0) is 10.7. The minimum Gasteiger partial charge on any atom is -0.504 e. The Hall–Kier alpha value is -0.780. The molecule has 0 bridgehead atoms. The number of hydroxylamine groups is 1. The van der Waals surface area contributed by atoms with Crippen LogP contribution in [0.4, 0.5) is 0 Å². The number of ether oxygens (including phenoxy) is 1. The van der Waals surface area contributed by atoms with Crippen molar-refractivity contribution in [2.24, 2.45) is 0 Å². The van der Waals surface area contributed by atoms with Gasteiger partial charge in [0.25, 0.3) is 0 Å². The lowest BCUT2D eigenvalue weighted by Crippen LogP contribution is -2.08. The number of aryl methyl sites for hydroxylation is 1. The number of nitrogens with one attached hydrogen (secondary N) is 1. The average Bonchev–Trinajstić information content (AvgIpc) is 2.12. The summed E-state index contributed by atoms with van der Waals surface area (Å²) >= 11 is 3.31. The van der Waals surface area contributed by atoms with E-state index in [-0.39, 0.29) is 5.75 Å². The van der Waals surface area contributed by atoms with Crippen molar-refractivity contribution in [3.8, 4) is 11.5 Å². The molecule has 0 radical (unpaired) electrons. The van der Waals surface area contributed by atoms with Gasteiger partial charge in [-0.1, -0.05) is 0 Å². The minimum absolute atomic E-state index is 0.0820. The van der Waals surface area contributed by atoms with E-state index in [1.165, 1.54) is 7.11 Å². The first kappa shape index (κ1) is 11.3. The van der Waals surface area contributed by atoms with E-state index in [4.69, 9.17) is 9.94 Å². The van der Waals surface area contributed by atoms with Gasteiger partial charge in [0.1, 0.15) is 0 Å². The first-order chi connectivity index (χ1) is 6.61. The van der Waals surface area contributed by atoms with Gasteiger partial charge in [0.2, 0.25) is 0 Å². The maximum atomic E-state index is 9.53. The van der Waals surface area contributed by atoms with Gasteiger partial charge < -0.3 is 15.1 Å². The minimum atomic E-state index is 0.0820. The maximum Gasteiger partial charge on any atom is 0.175 e. The first-order valence-corrected chi connectivity index (χ1v) is 4.83. The SMILES string of the molecule is COc1c(O)cc(C)c(CNO)c1Br. The van der Waals surface area contributed by atoms with Crippen LogP contribution < -0.4 is 10.2 Å². The van der Waals surface area contributed by atoms with Gasteiger partial charge in [-0.05, 0) is 40.0 Å². The quantitative estimate of drug-likeness (QED) is 0.728. The molecule has 3 N–H and O–H groups in total. The Bertz CT molecular complexity index is 341. The van der Waals surface area contributed by atoms with Crippen molar-refractivity contribution in [1.29, 1.82) is 0 Å². The number of benzene rings is 1. The van der Waals surface area contributed by atoms with E-state index in [1.54, 1.807) is 6.07 Å². The lowest BCUT2D eigenvalue weighted by Gasteiger charge is -2.13. The van der Waals surface area contributed by atoms with Crippen LogP contribution in [-0.4, -0.2) is 17.4 Å². The van der Waals surface area contributed by atoms with Crippen molar-refractivity contribution in [2.75, 3.05) is 7.11 Å². The molecule has 78 valence electrons. The highest BCUT2D eigenvalue weighted by molar-refractivity contribution is 9.10. The molecule has 0 amide bonds. The number of hydrogen-bond acceptors (Lipinski definition) is 4. The predicted octanol–water partition coefficient (Wildman–Crippen LogP) is 1.95. The van der Waals surface area contributed by atoms with Gasteiger partial charge >= 0.3 is 0 Å². The Morgan fingerprint density at radius 2 is 2.21 bits per heavy atom. The number of aromatic hydroxyl groups is 1. The standard InChI is InChI=1S/C9H12BrNO3/c1-5-3-7(12)9(14-2)8(10)6(5)4-11-13/h3,11-13H,4H2,1-2H3. The zero-order valence-electron chi connectivity index (χ0n) is 7.97. The highest BCUT2D eigenvalue weighted by Gasteiger charge is 2.13. The number of phenols is 1. The summed E-state index contributed by atoms with van der Waals surface area (Å²) in [7, 11) is 1.48. The summed E-state index contributed by atoms with van der Waals surface area (Å²) < 4.78 is 5.66. The number of rotatable bonds is 3. The number of methoxy groups -OCH3 is 1. The molecule has 0 aromatic heterocycles. The smallest absolute Gasteiger partial charge is 0.175 e. The van der Waals surface area contributed by atoms with Crippen LogP contribution in [0.2, 0.25) is 0 Å². The van der Waals surface area contributed by atoms with E-state index in [0.717, 1.165) is 11.1 Å². The summed E-state index contributed by atoms with van der Waals surface area (Å²) in [5, 5.41) is 18.2. The average molecular weight is 262 g/mol. The predicted molar refractivity (Wildman–Crippen MR) is 55.7 cm³/mol. The Kier molecular flexibility index (Phi) is 3.74. The molecule has 0 fully saturated rings. The first-order valence-electron chi connectivity index (χ1n) is 4.03. The van der Waals surface area contributed by atoms with E-state index in [0.29, 0.717) is 16.8 Å². The summed E-state index contributed by atoms with van der Waals surface area (Å²) in [6.45, 7) is 2.14. The topological polar surface area (TPSA) is 61.7 Å². The second-order valence-corrected chi connectivity index (χ2v) is 3.67. The van der Waals surface area contributed by atoms with Gasteiger partial charge in [-0.2, -0.15) is 0 Å². The van der Waals surface area contributed by atoms with E-state index in [1.807, 2.05) is 6.92 Å². The van der Waals surface area contributed by atoms with Crippen molar-refractivity contribution < 1.29 is 15.1 Å². The van der Waals surface area contributed by atoms with Crippen LogP contribution in [0, 0.1) is 6.92 Å². The Balaban J connectivity index is 3.28. The molecule has 0 heterocycles. The van der Waals surface area contributed by atoms with E-state index < -0.39 is 0 Å². The van der Waals surface area contributed by atoms with Gasteiger partial charge in [-0.3, -0.25) is 0 Å². The molecule has 14 heavy (non-hydrogen) atoms. The molecule has 0 unspecified atom stereocenters. The monoisotopic (exact) mass is 261 g/mol. The Morgan fingerprint density at radius 1 is 1.57 bits per heavy atom. The second kappa shape index (κ2) is 4.63. The van der Waals surface area contributed by atoms with Gasteiger partial charge in [-0.25, -0.2) is 5.48 Å². The fraction of sp³-hybridized carbons (Fsp3) is 0.333. The molecule has 0 spiro atoms. The second-order valence-electron chi connectivity index (χ2n) is 2.87. The maximum absolute atomic E-state index is 9.53. The summed E-state index contributed by atoms with van der Waals surface area (Å²) in [5.41, 5.74) is 3.79. The lowest BCUT2D eigenvalue weighted by atomic mass is 10.1. The number of hydrogen-bond donors (Lipinski definition) is 3. The van der Waals surface area contributed by atoms with Crippen molar-refractivity contribution in [3.05, 3.63) is 21.7 Å². The van der Waals surface area contributed by atoms with Crippen LogP contribution in [0.3, 0.4) is 0 Å². The molecule has 1 rings (SSSR count). The van der Waals surface area contributed by atoms with Gasteiger partial charge in [0, 0.05) is 6.54 Å². The molecular weight excluding hydrogens is 250 g/mol. The number of halogens is 1.